The quantitative estimate of drug-likeness (QED) is 0.530. The number of benzene rings is 1. The van der Waals surface area contributed by atoms with Crippen LogP contribution in [0.25, 0.3) is 17.2 Å². The van der Waals surface area contributed by atoms with Crippen LogP contribution in [0.1, 0.15) is 43.9 Å². The largest absolute Gasteiger partial charge is 0.378 e. The molecule has 1 fully saturated rings. The number of anilines is 1. The number of carbonyl (C=O) groups is 1. The number of hydrogen-bond donors (Lipinski definition) is 1. The summed E-state index contributed by atoms with van der Waals surface area (Å²) in [5.74, 6) is -0.187. The molecule has 6 heteroatoms. The van der Waals surface area contributed by atoms with E-state index in [1.165, 1.54) is 18.9 Å². The van der Waals surface area contributed by atoms with Crippen molar-refractivity contribution in [1.82, 2.24) is 14.8 Å². The van der Waals surface area contributed by atoms with Crippen LogP contribution in [0.15, 0.2) is 61.2 Å². The van der Waals surface area contributed by atoms with E-state index in [1.54, 1.807) is 25.6 Å². The van der Waals surface area contributed by atoms with Crippen LogP contribution in [0.3, 0.4) is 0 Å². The lowest BCUT2D eigenvalue weighted by atomic mass is 9.98. The highest BCUT2D eigenvalue weighted by molar-refractivity contribution is 6.02. The Labute approximate surface area is 183 Å². The first-order valence-corrected chi connectivity index (χ1v) is 10.6. The summed E-state index contributed by atoms with van der Waals surface area (Å²) in [5, 5.41) is 7.38. The molecule has 0 atom stereocenters. The number of ether oxygens (including phenoxy) is 1. The molecular formula is C25H28N4O2. The Kier molecular flexibility index (Phi) is 6.00. The van der Waals surface area contributed by atoms with Crippen molar-refractivity contribution >= 4 is 17.7 Å². The maximum Gasteiger partial charge on any atom is 0.248 e. The fourth-order valence-corrected chi connectivity index (χ4v) is 3.44. The maximum absolute atomic E-state index is 12.4. The van der Waals surface area contributed by atoms with Crippen LogP contribution in [0.4, 0.5) is 5.69 Å². The molecule has 0 saturated heterocycles. The molecule has 1 aliphatic rings. The lowest BCUT2D eigenvalue weighted by molar-refractivity contribution is -0.111. The number of rotatable bonds is 8. The Bertz CT molecular complexity index is 1080. The summed E-state index contributed by atoms with van der Waals surface area (Å²) in [6.07, 6.45) is 14.0. The van der Waals surface area contributed by atoms with Crippen LogP contribution in [0.2, 0.25) is 0 Å². The minimum absolute atomic E-state index is 0.187. The first-order valence-electron chi connectivity index (χ1n) is 10.6. The molecule has 2 aromatic heterocycles. The van der Waals surface area contributed by atoms with Gasteiger partial charge in [0.15, 0.2) is 0 Å². The summed E-state index contributed by atoms with van der Waals surface area (Å²) in [4.78, 5) is 16.7. The Balaban J connectivity index is 1.41. The Morgan fingerprint density at radius 2 is 2.00 bits per heavy atom. The molecule has 3 aromatic rings. The van der Waals surface area contributed by atoms with Crippen molar-refractivity contribution in [2.75, 3.05) is 12.4 Å². The zero-order chi connectivity index (χ0) is 21.8. The van der Waals surface area contributed by atoms with Gasteiger partial charge in [-0.15, -0.1) is 0 Å². The SMILES string of the molecule is COC(C)(C)Cc1ccc(NC(=O)C=Cc2cnccc2-c2cnn(C3CC3)c2)cc1. The van der Waals surface area contributed by atoms with E-state index in [2.05, 4.69) is 35.4 Å². The molecule has 4 rings (SSSR count). The molecule has 6 nitrogen and oxygen atoms in total. The van der Waals surface area contributed by atoms with E-state index in [1.807, 2.05) is 41.2 Å². The number of pyridine rings is 1. The van der Waals surface area contributed by atoms with Gasteiger partial charge in [0.1, 0.15) is 0 Å². The van der Waals surface area contributed by atoms with Crippen molar-refractivity contribution in [3.05, 3.63) is 72.3 Å². The predicted molar refractivity (Wildman–Crippen MR) is 123 cm³/mol. The lowest BCUT2D eigenvalue weighted by Gasteiger charge is -2.22. The molecule has 1 N–H and O–H groups in total. The van der Waals surface area contributed by atoms with Gasteiger partial charge >= 0.3 is 0 Å². The Morgan fingerprint density at radius 1 is 1.23 bits per heavy atom. The molecule has 0 radical (unpaired) electrons. The molecule has 31 heavy (non-hydrogen) atoms. The molecule has 0 spiro atoms. The second-order valence-electron chi connectivity index (χ2n) is 8.56. The fourth-order valence-electron chi connectivity index (χ4n) is 3.44. The van der Waals surface area contributed by atoms with E-state index in [0.717, 1.165) is 34.4 Å². The highest BCUT2D eigenvalue weighted by atomic mass is 16.5. The number of amides is 1. The summed E-state index contributed by atoms with van der Waals surface area (Å²) in [6.45, 7) is 4.11. The van der Waals surface area contributed by atoms with E-state index >= 15 is 0 Å². The van der Waals surface area contributed by atoms with Crippen LogP contribution < -0.4 is 5.32 Å². The van der Waals surface area contributed by atoms with Crippen LogP contribution in [-0.2, 0) is 16.0 Å². The predicted octanol–water partition coefficient (Wildman–Crippen LogP) is 4.90. The topological polar surface area (TPSA) is 69.0 Å². The number of carbonyl (C=O) groups excluding carboxylic acids is 1. The molecule has 160 valence electrons. The van der Waals surface area contributed by atoms with E-state index in [-0.39, 0.29) is 11.5 Å². The average Bonchev–Trinajstić information content (AvgIpc) is 3.50. The van der Waals surface area contributed by atoms with Crippen LogP contribution in [0, 0.1) is 0 Å². The number of aromatic nitrogens is 3. The molecule has 1 amide bonds. The lowest BCUT2D eigenvalue weighted by Crippen LogP contribution is -2.25. The molecule has 1 aliphatic carbocycles. The minimum atomic E-state index is -0.218. The third kappa shape index (κ3) is 5.47. The molecule has 0 bridgehead atoms. The van der Waals surface area contributed by atoms with Crippen molar-refractivity contribution in [2.24, 2.45) is 0 Å². The molecule has 2 heterocycles. The van der Waals surface area contributed by atoms with Gasteiger partial charge in [0.05, 0.1) is 17.8 Å². The van der Waals surface area contributed by atoms with Crippen molar-refractivity contribution in [3.63, 3.8) is 0 Å². The third-order valence-corrected chi connectivity index (χ3v) is 5.50. The standard InChI is InChI=1S/C25H28N4O2/c1-25(2,31-3)14-18-4-7-21(8-5-18)28-24(30)11-6-19-15-26-13-12-23(19)20-16-27-29(17-20)22-9-10-22/h4-8,11-13,15-17,22H,9-10,14H2,1-3H3,(H,28,30). The van der Waals surface area contributed by atoms with Gasteiger partial charge in [0.25, 0.3) is 0 Å². The molecule has 0 unspecified atom stereocenters. The highest BCUT2D eigenvalue weighted by Crippen LogP contribution is 2.35. The van der Waals surface area contributed by atoms with Gasteiger partial charge in [-0.3, -0.25) is 14.5 Å². The van der Waals surface area contributed by atoms with E-state index in [4.69, 9.17) is 4.74 Å². The van der Waals surface area contributed by atoms with E-state index in [0.29, 0.717) is 6.04 Å². The summed E-state index contributed by atoms with van der Waals surface area (Å²) >= 11 is 0. The van der Waals surface area contributed by atoms with Gasteiger partial charge in [0, 0.05) is 55.0 Å². The first kappa shape index (κ1) is 21.0. The zero-order valence-electron chi connectivity index (χ0n) is 18.2. The summed E-state index contributed by atoms with van der Waals surface area (Å²) in [7, 11) is 1.72. The van der Waals surface area contributed by atoms with Gasteiger partial charge in [0.2, 0.25) is 5.91 Å². The van der Waals surface area contributed by atoms with Crippen molar-refractivity contribution in [3.8, 4) is 11.1 Å². The molecule has 1 aromatic carbocycles. The number of nitrogens with one attached hydrogen (secondary N) is 1. The van der Waals surface area contributed by atoms with Gasteiger partial charge in [-0.05, 0) is 62.1 Å². The third-order valence-electron chi connectivity index (χ3n) is 5.50. The van der Waals surface area contributed by atoms with Gasteiger partial charge in [-0.2, -0.15) is 5.10 Å². The van der Waals surface area contributed by atoms with Crippen LogP contribution in [0.5, 0.6) is 0 Å². The Hall–Kier alpha value is -3.25. The summed E-state index contributed by atoms with van der Waals surface area (Å²) < 4.78 is 7.50. The van der Waals surface area contributed by atoms with Gasteiger partial charge in [-0.1, -0.05) is 12.1 Å². The second kappa shape index (κ2) is 8.86. The van der Waals surface area contributed by atoms with Crippen LogP contribution in [-0.4, -0.2) is 33.4 Å². The van der Waals surface area contributed by atoms with Crippen molar-refractivity contribution in [1.29, 1.82) is 0 Å². The second-order valence-corrected chi connectivity index (χ2v) is 8.56. The van der Waals surface area contributed by atoms with E-state index < -0.39 is 0 Å². The Morgan fingerprint density at radius 3 is 2.71 bits per heavy atom. The smallest absolute Gasteiger partial charge is 0.248 e. The number of hydrogen-bond acceptors (Lipinski definition) is 4. The monoisotopic (exact) mass is 416 g/mol. The molecular weight excluding hydrogens is 388 g/mol. The molecule has 0 aliphatic heterocycles. The van der Waals surface area contributed by atoms with Crippen LogP contribution >= 0.6 is 0 Å². The zero-order valence-corrected chi connectivity index (χ0v) is 18.2. The van der Waals surface area contributed by atoms with Gasteiger partial charge in [-0.25, -0.2) is 0 Å². The van der Waals surface area contributed by atoms with E-state index in [9.17, 15) is 4.79 Å². The summed E-state index contributed by atoms with van der Waals surface area (Å²) in [5.41, 5.74) is 4.62. The highest BCUT2D eigenvalue weighted by Gasteiger charge is 2.24. The first-order chi connectivity index (χ1) is 14.9. The van der Waals surface area contributed by atoms with Crippen molar-refractivity contribution in [2.45, 2.75) is 44.8 Å². The van der Waals surface area contributed by atoms with Crippen molar-refractivity contribution < 1.29 is 9.53 Å². The number of methoxy groups -OCH3 is 1. The minimum Gasteiger partial charge on any atom is -0.378 e. The fraction of sp³-hybridized carbons (Fsp3) is 0.320. The number of nitrogens with zero attached hydrogens (tertiary/aromatic N) is 3. The maximum atomic E-state index is 12.4. The molecule has 1 saturated carbocycles. The normalized spacial score (nSPS) is 14.2. The average molecular weight is 417 g/mol. The van der Waals surface area contributed by atoms with Gasteiger partial charge < -0.3 is 10.1 Å². The summed E-state index contributed by atoms with van der Waals surface area (Å²) in [6, 6.07) is 10.3.